The number of esters is 1. The smallest absolute Gasteiger partial charge is 0.337 e. The van der Waals surface area contributed by atoms with E-state index in [1.54, 1.807) is 12.1 Å². The molecule has 26 heavy (non-hydrogen) atoms. The standard InChI is InChI=1S/C20H16N2O4/c1-26-20(25)14-9-11-15(12-10-14)21-18(23)19(24)22-17-8-4-6-13-5-2-3-7-16(13)17/h2-12H,1H3,(H,21,23)(H,22,24). The third kappa shape index (κ3) is 3.70. The molecule has 2 N–H and O–H groups in total. The number of methoxy groups -OCH3 is 1. The summed E-state index contributed by atoms with van der Waals surface area (Å²) in [5.74, 6) is -2.06. The Morgan fingerprint density at radius 2 is 1.42 bits per heavy atom. The minimum absolute atomic E-state index is 0.353. The van der Waals surface area contributed by atoms with Gasteiger partial charge in [0.15, 0.2) is 0 Å². The lowest BCUT2D eigenvalue weighted by atomic mass is 10.1. The first kappa shape index (κ1) is 17.2. The highest BCUT2D eigenvalue weighted by atomic mass is 16.5. The van der Waals surface area contributed by atoms with Crippen molar-refractivity contribution in [2.45, 2.75) is 0 Å². The molecule has 2 amide bonds. The van der Waals surface area contributed by atoms with Crippen LogP contribution in [0.15, 0.2) is 66.7 Å². The number of hydrogen-bond donors (Lipinski definition) is 2. The Morgan fingerprint density at radius 3 is 2.15 bits per heavy atom. The first-order valence-electron chi connectivity index (χ1n) is 7.87. The molecule has 0 aromatic heterocycles. The third-order valence-corrected chi connectivity index (χ3v) is 3.81. The fourth-order valence-electron chi connectivity index (χ4n) is 2.51. The molecule has 0 radical (unpaired) electrons. The van der Waals surface area contributed by atoms with Gasteiger partial charge in [-0.3, -0.25) is 9.59 Å². The zero-order valence-corrected chi connectivity index (χ0v) is 14.0. The number of fused-ring (bicyclic) bond motifs is 1. The predicted octanol–water partition coefficient (Wildman–Crippen LogP) is 3.20. The van der Waals surface area contributed by atoms with E-state index in [4.69, 9.17) is 0 Å². The molecule has 3 aromatic rings. The van der Waals surface area contributed by atoms with Gasteiger partial charge in [0.05, 0.1) is 12.7 Å². The summed E-state index contributed by atoms with van der Waals surface area (Å²) in [7, 11) is 1.29. The molecule has 0 aliphatic rings. The first-order chi connectivity index (χ1) is 12.6. The molecule has 0 atom stereocenters. The maximum atomic E-state index is 12.2. The molecule has 0 aliphatic heterocycles. The number of ether oxygens (including phenoxy) is 1. The molecule has 0 saturated carbocycles. The molecule has 0 spiro atoms. The van der Waals surface area contributed by atoms with Gasteiger partial charge in [-0.25, -0.2) is 4.79 Å². The molecule has 130 valence electrons. The number of carbonyl (C=O) groups is 3. The lowest BCUT2D eigenvalue weighted by molar-refractivity contribution is -0.132. The second-order valence-corrected chi connectivity index (χ2v) is 5.50. The topological polar surface area (TPSA) is 84.5 Å². The molecule has 0 heterocycles. The molecule has 6 heteroatoms. The van der Waals surface area contributed by atoms with Gasteiger partial charge in [0.2, 0.25) is 0 Å². The van der Waals surface area contributed by atoms with Crippen molar-refractivity contribution in [2.75, 3.05) is 17.7 Å². The Bertz CT molecular complexity index is 975. The first-order valence-corrected chi connectivity index (χ1v) is 7.87. The summed E-state index contributed by atoms with van der Waals surface area (Å²) in [5.41, 5.74) is 1.31. The number of anilines is 2. The van der Waals surface area contributed by atoms with Crippen LogP contribution < -0.4 is 10.6 Å². The normalized spacial score (nSPS) is 10.2. The minimum atomic E-state index is -0.802. The second kappa shape index (κ2) is 7.48. The number of nitrogens with one attached hydrogen (secondary N) is 2. The van der Waals surface area contributed by atoms with Crippen LogP contribution in [-0.2, 0) is 14.3 Å². The molecule has 6 nitrogen and oxygen atoms in total. The molecule has 3 rings (SSSR count). The number of amides is 2. The van der Waals surface area contributed by atoms with Crippen LogP contribution >= 0.6 is 0 Å². The summed E-state index contributed by atoms with van der Waals surface area (Å²) >= 11 is 0. The predicted molar refractivity (Wildman–Crippen MR) is 99.0 cm³/mol. The Morgan fingerprint density at radius 1 is 0.769 bits per heavy atom. The molecule has 0 aliphatic carbocycles. The lowest BCUT2D eigenvalue weighted by Crippen LogP contribution is -2.29. The van der Waals surface area contributed by atoms with Crippen molar-refractivity contribution in [2.24, 2.45) is 0 Å². The van der Waals surface area contributed by atoms with Crippen molar-refractivity contribution < 1.29 is 19.1 Å². The van der Waals surface area contributed by atoms with Gasteiger partial charge < -0.3 is 15.4 Å². The fraction of sp³-hybridized carbons (Fsp3) is 0.0500. The molecule has 3 aromatic carbocycles. The van der Waals surface area contributed by atoms with Gasteiger partial charge in [-0.05, 0) is 35.7 Å². The highest BCUT2D eigenvalue weighted by molar-refractivity contribution is 6.44. The van der Waals surface area contributed by atoms with E-state index in [2.05, 4.69) is 15.4 Å². The Hall–Kier alpha value is -3.67. The third-order valence-electron chi connectivity index (χ3n) is 3.81. The summed E-state index contributed by atoms with van der Waals surface area (Å²) in [6, 6.07) is 19.1. The lowest BCUT2D eigenvalue weighted by Gasteiger charge is -2.09. The molecule has 0 fully saturated rings. The number of rotatable bonds is 3. The van der Waals surface area contributed by atoms with E-state index in [0.29, 0.717) is 16.9 Å². The van der Waals surface area contributed by atoms with Crippen molar-refractivity contribution in [1.29, 1.82) is 0 Å². The van der Waals surface area contributed by atoms with Crippen LogP contribution in [0.2, 0.25) is 0 Å². The minimum Gasteiger partial charge on any atom is -0.465 e. The summed E-state index contributed by atoms with van der Waals surface area (Å²) < 4.78 is 4.61. The van der Waals surface area contributed by atoms with Crippen molar-refractivity contribution in [3.63, 3.8) is 0 Å². The van der Waals surface area contributed by atoms with Crippen LogP contribution in [0.3, 0.4) is 0 Å². The number of hydrogen-bond acceptors (Lipinski definition) is 4. The highest BCUT2D eigenvalue weighted by Gasteiger charge is 2.15. The second-order valence-electron chi connectivity index (χ2n) is 5.50. The van der Waals surface area contributed by atoms with Crippen LogP contribution in [0.1, 0.15) is 10.4 Å². The molecular weight excluding hydrogens is 332 g/mol. The van der Waals surface area contributed by atoms with E-state index in [1.807, 2.05) is 30.3 Å². The molecule has 0 unspecified atom stereocenters. The summed E-state index contributed by atoms with van der Waals surface area (Å²) in [6.07, 6.45) is 0. The van der Waals surface area contributed by atoms with E-state index in [9.17, 15) is 14.4 Å². The van der Waals surface area contributed by atoms with Crippen molar-refractivity contribution in [3.8, 4) is 0 Å². The van der Waals surface area contributed by atoms with Gasteiger partial charge in [-0.15, -0.1) is 0 Å². The van der Waals surface area contributed by atoms with E-state index in [0.717, 1.165) is 10.8 Å². The molecular formula is C20H16N2O4. The summed E-state index contributed by atoms with van der Waals surface area (Å²) in [5, 5.41) is 6.92. The number of benzene rings is 3. The zero-order chi connectivity index (χ0) is 18.5. The van der Waals surface area contributed by atoms with Crippen LogP contribution in [0.5, 0.6) is 0 Å². The van der Waals surface area contributed by atoms with Gasteiger partial charge in [0.25, 0.3) is 0 Å². The number of carbonyl (C=O) groups excluding carboxylic acids is 3. The SMILES string of the molecule is COC(=O)c1ccc(NC(=O)C(=O)Nc2cccc3ccccc23)cc1. The average molecular weight is 348 g/mol. The summed E-state index contributed by atoms with van der Waals surface area (Å²) in [4.78, 5) is 35.7. The van der Waals surface area contributed by atoms with Crippen molar-refractivity contribution in [3.05, 3.63) is 72.3 Å². The molecule has 0 bridgehead atoms. The van der Waals surface area contributed by atoms with Crippen LogP contribution in [0, 0.1) is 0 Å². The van der Waals surface area contributed by atoms with E-state index >= 15 is 0 Å². The van der Waals surface area contributed by atoms with Gasteiger partial charge >= 0.3 is 17.8 Å². The summed E-state index contributed by atoms with van der Waals surface area (Å²) in [6.45, 7) is 0. The largest absolute Gasteiger partial charge is 0.465 e. The zero-order valence-electron chi connectivity index (χ0n) is 14.0. The average Bonchev–Trinajstić information content (AvgIpc) is 2.68. The van der Waals surface area contributed by atoms with Crippen LogP contribution in [-0.4, -0.2) is 24.9 Å². The Balaban J connectivity index is 1.70. The molecule has 0 saturated heterocycles. The van der Waals surface area contributed by atoms with E-state index < -0.39 is 17.8 Å². The van der Waals surface area contributed by atoms with Gasteiger partial charge in [-0.2, -0.15) is 0 Å². The monoisotopic (exact) mass is 348 g/mol. The Kier molecular flexibility index (Phi) is 4.94. The maximum absolute atomic E-state index is 12.2. The van der Waals surface area contributed by atoms with E-state index in [1.165, 1.54) is 31.4 Å². The maximum Gasteiger partial charge on any atom is 0.337 e. The van der Waals surface area contributed by atoms with Crippen molar-refractivity contribution >= 4 is 39.9 Å². The Labute approximate surface area is 149 Å². The van der Waals surface area contributed by atoms with Crippen LogP contribution in [0.4, 0.5) is 11.4 Å². The highest BCUT2D eigenvalue weighted by Crippen LogP contribution is 2.22. The van der Waals surface area contributed by atoms with Gasteiger partial charge in [-0.1, -0.05) is 36.4 Å². The quantitative estimate of drug-likeness (QED) is 0.562. The fourth-order valence-corrected chi connectivity index (χ4v) is 2.51. The van der Waals surface area contributed by atoms with Gasteiger partial charge in [0.1, 0.15) is 0 Å². The van der Waals surface area contributed by atoms with Gasteiger partial charge in [0, 0.05) is 16.8 Å². The van der Waals surface area contributed by atoms with E-state index in [-0.39, 0.29) is 0 Å². The van der Waals surface area contributed by atoms with Crippen LogP contribution in [0.25, 0.3) is 10.8 Å². The van der Waals surface area contributed by atoms with Crippen molar-refractivity contribution in [1.82, 2.24) is 0 Å².